The highest BCUT2D eigenvalue weighted by Gasteiger charge is 2.21. The molecule has 0 bridgehead atoms. The fraction of sp³-hybridized carbons (Fsp3) is 0.458. The van der Waals surface area contributed by atoms with E-state index in [1.54, 1.807) is 31.4 Å². The van der Waals surface area contributed by atoms with Crippen molar-refractivity contribution in [1.29, 1.82) is 0 Å². The molecule has 0 saturated heterocycles. The number of nitrogens with zero attached hydrogens (tertiary/aromatic N) is 1. The highest BCUT2D eigenvalue weighted by molar-refractivity contribution is 5.95. The summed E-state index contributed by atoms with van der Waals surface area (Å²) < 4.78 is 5.19. The Morgan fingerprint density at radius 2 is 1.83 bits per heavy atom. The molecule has 0 aliphatic heterocycles. The molecule has 0 radical (unpaired) electrons. The van der Waals surface area contributed by atoms with Gasteiger partial charge < -0.3 is 15.2 Å². The first-order chi connectivity index (χ1) is 14.1. The van der Waals surface area contributed by atoms with Gasteiger partial charge in [0.1, 0.15) is 5.75 Å². The highest BCUT2D eigenvalue weighted by Crippen LogP contribution is 2.31. The molecule has 2 N–H and O–H groups in total. The molecule has 1 saturated carbocycles. The van der Waals surface area contributed by atoms with Gasteiger partial charge in [-0.05, 0) is 55.2 Å². The van der Waals surface area contributed by atoms with E-state index >= 15 is 0 Å². The number of carboxylic acid groups (broad SMARTS) is 1. The minimum Gasteiger partial charge on any atom is -0.497 e. The molecule has 0 unspecified atom stereocenters. The number of hydrogen-bond acceptors (Lipinski definition) is 3. The Balaban J connectivity index is 1.72. The van der Waals surface area contributed by atoms with Crippen molar-refractivity contribution in [3.8, 4) is 5.75 Å². The zero-order valence-electron chi connectivity index (χ0n) is 17.4. The molecule has 5 heteroatoms. The van der Waals surface area contributed by atoms with Crippen molar-refractivity contribution >= 4 is 17.5 Å². The van der Waals surface area contributed by atoms with Gasteiger partial charge >= 0.3 is 6.09 Å². The van der Waals surface area contributed by atoms with Crippen molar-refractivity contribution < 1.29 is 14.6 Å². The molecule has 2 aromatic rings. The molecular weight excluding hydrogens is 364 g/mol. The molecule has 156 valence electrons. The van der Waals surface area contributed by atoms with E-state index in [1.165, 1.54) is 43.4 Å². The van der Waals surface area contributed by atoms with Crippen LogP contribution in [-0.4, -0.2) is 24.4 Å². The van der Waals surface area contributed by atoms with Crippen molar-refractivity contribution in [1.82, 2.24) is 5.32 Å². The van der Waals surface area contributed by atoms with E-state index in [2.05, 4.69) is 12.2 Å². The quantitative estimate of drug-likeness (QED) is 0.578. The molecular formula is C24H32N2O3. The third kappa shape index (κ3) is 5.73. The third-order valence-corrected chi connectivity index (χ3v) is 5.81. The standard InChI is InChI=1S/C24H32N2O3/c1-18(16-19-8-4-3-5-9-19)25-17-20-10-6-7-11-23(20)26(24(27)28)21-12-14-22(29-2)15-13-21/h6-7,10-15,18-19,25H,3-5,8-9,16-17H2,1-2H3,(H,27,28)/t18-/m0/s1. The molecule has 29 heavy (non-hydrogen) atoms. The topological polar surface area (TPSA) is 61.8 Å². The summed E-state index contributed by atoms with van der Waals surface area (Å²) in [6.07, 6.45) is 6.95. The first kappa shape index (κ1) is 21.2. The fourth-order valence-corrected chi connectivity index (χ4v) is 4.25. The number of rotatable bonds is 8. The summed E-state index contributed by atoms with van der Waals surface area (Å²) in [5.74, 6) is 1.52. The van der Waals surface area contributed by atoms with E-state index in [1.807, 2.05) is 24.3 Å². The summed E-state index contributed by atoms with van der Waals surface area (Å²) in [4.78, 5) is 13.4. The normalized spacial score (nSPS) is 15.7. The van der Waals surface area contributed by atoms with Gasteiger partial charge in [-0.3, -0.25) is 0 Å². The van der Waals surface area contributed by atoms with Gasteiger partial charge in [0.15, 0.2) is 0 Å². The Hall–Kier alpha value is -2.53. The molecule has 1 amide bonds. The number of carbonyl (C=O) groups is 1. The summed E-state index contributed by atoms with van der Waals surface area (Å²) in [6.45, 7) is 2.87. The van der Waals surface area contributed by atoms with Gasteiger partial charge in [-0.2, -0.15) is 0 Å². The second-order valence-corrected chi connectivity index (χ2v) is 7.97. The minimum atomic E-state index is -1.00. The van der Waals surface area contributed by atoms with Crippen LogP contribution in [0.15, 0.2) is 48.5 Å². The van der Waals surface area contributed by atoms with Gasteiger partial charge in [0.25, 0.3) is 0 Å². The van der Waals surface area contributed by atoms with Crippen LogP contribution in [-0.2, 0) is 6.54 Å². The Labute approximate surface area is 173 Å². The zero-order valence-corrected chi connectivity index (χ0v) is 17.4. The lowest BCUT2D eigenvalue weighted by Crippen LogP contribution is -2.30. The fourth-order valence-electron chi connectivity index (χ4n) is 4.25. The van der Waals surface area contributed by atoms with Crippen molar-refractivity contribution in [2.45, 2.75) is 58.0 Å². The Bertz CT molecular complexity index is 785. The predicted molar refractivity (Wildman–Crippen MR) is 117 cm³/mol. The average molecular weight is 397 g/mol. The number of ether oxygens (including phenoxy) is 1. The van der Waals surface area contributed by atoms with Crippen LogP contribution in [0.5, 0.6) is 5.75 Å². The van der Waals surface area contributed by atoms with Crippen LogP contribution in [0.3, 0.4) is 0 Å². The van der Waals surface area contributed by atoms with E-state index < -0.39 is 6.09 Å². The number of anilines is 2. The van der Waals surface area contributed by atoms with E-state index in [0.29, 0.717) is 29.7 Å². The highest BCUT2D eigenvalue weighted by atomic mass is 16.5. The van der Waals surface area contributed by atoms with Crippen molar-refractivity contribution in [2.75, 3.05) is 12.0 Å². The summed E-state index contributed by atoms with van der Waals surface area (Å²) in [7, 11) is 1.60. The summed E-state index contributed by atoms with van der Waals surface area (Å²) in [6, 6.07) is 15.2. The van der Waals surface area contributed by atoms with Crippen LogP contribution in [0.1, 0.15) is 51.0 Å². The van der Waals surface area contributed by atoms with Crippen molar-refractivity contribution in [2.24, 2.45) is 5.92 Å². The molecule has 5 nitrogen and oxygen atoms in total. The lowest BCUT2D eigenvalue weighted by molar-refractivity contribution is 0.204. The van der Waals surface area contributed by atoms with Crippen LogP contribution in [0.25, 0.3) is 0 Å². The van der Waals surface area contributed by atoms with Gasteiger partial charge in [-0.1, -0.05) is 50.3 Å². The van der Waals surface area contributed by atoms with E-state index in [-0.39, 0.29) is 0 Å². The maximum absolute atomic E-state index is 12.1. The summed E-state index contributed by atoms with van der Waals surface area (Å²) in [5.41, 5.74) is 2.25. The van der Waals surface area contributed by atoms with E-state index in [4.69, 9.17) is 4.74 Å². The van der Waals surface area contributed by atoms with Crippen LogP contribution in [0.2, 0.25) is 0 Å². The Kier molecular flexibility index (Phi) is 7.53. The first-order valence-corrected chi connectivity index (χ1v) is 10.6. The maximum atomic E-state index is 12.1. The first-order valence-electron chi connectivity index (χ1n) is 10.6. The lowest BCUT2D eigenvalue weighted by Gasteiger charge is -2.26. The molecule has 0 spiro atoms. The largest absolute Gasteiger partial charge is 0.497 e. The number of nitrogens with one attached hydrogen (secondary N) is 1. The van der Waals surface area contributed by atoms with Gasteiger partial charge in [-0.15, -0.1) is 0 Å². The van der Waals surface area contributed by atoms with Crippen LogP contribution in [0.4, 0.5) is 16.2 Å². The van der Waals surface area contributed by atoms with Gasteiger partial charge in [0.05, 0.1) is 18.5 Å². The number of para-hydroxylation sites is 1. The van der Waals surface area contributed by atoms with Gasteiger partial charge in [0.2, 0.25) is 0 Å². The van der Waals surface area contributed by atoms with Crippen LogP contribution < -0.4 is 15.0 Å². The molecule has 2 aromatic carbocycles. The number of benzene rings is 2. The average Bonchev–Trinajstić information content (AvgIpc) is 2.74. The molecule has 0 aromatic heterocycles. The molecule has 1 aliphatic rings. The Morgan fingerprint density at radius 1 is 1.14 bits per heavy atom. The van der Waals surface area contributed by atoms with Gasteiger partial charge in [-0.25, -0.2) is 9.69 Å². The van der Waals surface area contributed by atoms with Gasteiger partial charge in [0, 0.05) is 12.6 Å². The number of amides is 1. The third-order valence-electron chi connectivity index (χ3n) is 5.81. The maximum Gasteiger partial charge on any atom is 0.416 e. The molecule has 1 fully saturated rings. The second kappa shape index (κ2) is 10.3. The van der Waals surface area contributed by atoms with Crippen molar-refractivity contribution in [3.05, 3.63) is 54.1 Å². The van der Waals surface area contributed by atoms with E-state index in [9.17, 15) is 9.90 Å². The molecule has 1 atom stereocenters. The number of methoxy groups -OCH3 is 1. The Morgan fingerprint density at radius 3 is 2.48 bits per heavy atom. The SMILES string of the molecule is COc1ccc(N(C(=O)O)c2ccccc2CN[C@@H](C)CC2CCCCC2)cc1. The summed E-state index contributed by atoms with van der Waals surface area (Å²) >= 11 is 0. The molecule has 1 aliphatic carbocycles. The van der Waals surface area contributed by atoms with Crippen LogP contribution in [0, 0.1) is 5.92 Å². The number of hydrogen-bond donors (Lipinski definition) is 2. The van der Waals surface area contributed by atoms with Crippen LogP contribution >= 0.6 is 0 Å². The van der Waals surface area contributed by atoms with Crippen molar-refractivity contribution in [3.63, 3.8) is 0 Å². The van der Waals surface area contributed by atoms with E-state index in [0.717, 1.165) is 11.5 Å². The lowest BCUT2D eigenvalue weighted by atomic mass is 9.85. The molecule has 3 rings (SSSR count). The predicted octanol–water partition coefficient (Wildman–Crippen LogP) is 5.96. The summed E-state index contributed by atoms with van der Waals surface area (Å²) in [5, 5.41) is 13.5. The smallest absolute Gasteiger partial charge is 0.416 e. The minimum absolute atomic E-state index is 0.408. The molecule has 0 heterocycles. The monoisotopic (exact) mass is 396 g/mol. The zero-order chi connectivity index (χ0) is 20.6. The second-order valence-electron chi connectivity index (χ2n) is 7.97.